The predicted molar refractivity (Wildman–Crippen MR) is 59.2 cm³/mol. The summed E-state index contributed by atoms with van der Waals surface area (Å²) < 4.78 is 0. The summed E-state index contributed by atoms with van der Waals surface area (Å²) in [5.74, 6) is 0. The summed E-state index contributed by atoms with van der Waals surface area (Å²) in [6.07, 6.45) is 1.000. The first-order chi connectivity index (χ1) is 5.78. The van der Waals surface area contributed by atoms with Gasteiger partial charge in [0.1, 0.15) is 5.66 Å². The molecular weight excluding hydrogens is 182 g/mol. The Morgan fingerprint density at radius 3 is 2.23 bits per heavy atom. The lowest BCUT2D eigenvalue weighted by atomic mass is 10.1. The minimum atomic E-state index is -0.0790. The fourth-order valence-corrected chi connectivity index (χ4v) is 1.80. The van der Waals surface area contributed by atoms with Crippen LogP contribution in [0.3, 0.4) is 0 Å². The summed E-state index contributed by atoms with van der Waals surface area (Å²) in [4.78, 5) is 0. The zero-order valence-corrected chi connectivity index (χ0v) is 9.88. The maximum atomic E-state index is 5.26. The lowest BCUT2D eigenvalue weighted by Crippen LogP contribution is -2.53. The van der Waals surface area contributed by atoms with Gasteiger partial charge in [0.15, 0.2) is 5.11 Å². The first-order valence-electron chi connectivity index (χ1n) is 4.69. The van der Waals surface area contributed by atoms with Crippen LogP contribution in [0.5, 0.6) is 0 Å². The molecule has 0 amide bonds. The summed E-state index contributed by atoms with van der Waals surface area (Å²) in [7, 11) is 0. The first kappa shape index (κ1) is 10.7. The number of hydrogen-bond donors (Lipinski definition) is 2. The quantitative estimate of drug-likeness (QED) is 0.630. The Hall–Kier alpha value is -0.350. The highest BCUT2D eigenvalue weighted by Crippen LogP contribution is 2.20. The van der Waals surface area contributed by atoms with Crippen LogP contribution in [-0.4, -0.2) is 21.3 Å². The van der Waals surface area contributed by atoms with Gasteiger partial charge < -0.3 is 5.32 Å². The Labute approximate surface area is 85.8 Å². The standard InChI is InChI=1S/C9H19N3S/c1-6-9(5)10-7(13)12(11-9)8(2,3)4/h11H,6H2,1-5H3,(H,10,13)/t9-/m1/s1. The monoisotopic (exact) mass is 201 g/mol. The lowest BCUT2D eigenvalue weighted by molar-refractivity contribution is 0.136. The maximum Gasteiger partial charge on any atom is 0.185 e. The Morgan fingerprint density at radius 2 is 2.00 bits per heavy atom. The van der Waals surface area contributed by atoms with E-state index in [4.69, 9.17) is 12.2 Å². The molecular formula is C9H19N3S. The third-order valence-electron chi connectivity index (χ3n) is 2.32. The summed E-state index contributed by atoms with van der Waals surface area (Å²) in [5.41, 5.74) is 3.33. The molecule has 0 aromatic carbocycles. The molecule has 0 spiro atoms. The summed E-state index contributed by atoms with van der Waals surface area (Å²) >= 11 is 5.26. The molecule has 1 aliphatic rings. The molecule has 1 aliphatic heterocycles. The molecule has 76 valence electrons. The Morgan fingerprint density at radius 1 is 1.46 bits per heavy atom. The van der Waals surface area contributed by atoms with E-state index in [2.05, 4.69) is 45.4 Å². The second-order valence-electron chi connectivity index (χ2n) is 4.73. The number of rotatable bonds is 1. The highest BCUT2D eigenvalue weighted by atomic mass is 32.1. The molecule has 0 aromatic rings. The molecule has 1 atom stereocenters. The fourth-order valence-electron chi connectivity index (χ4n) is 1.26. The van der Waals surface area contributed by atoms with Gasteiger partial charge in [-0.3, -0.25) is 5.01 Å². The van der Waals surface area contributed by atoms with Crippen molar-refractivity contribution in [3.05, 3.63) is 0 Å². The number of nitrogens with zero attached hydrogens (tertiary/aromatic N) is 1. The van der Waals surface area contributed by atoms with Crippen molar-refractivity contribution in [1.29, 1.82) is 0 Å². The minimum absolute atomic E-state index is 0.0248. The van der Waals surface area contributed by atoms with Gasteiger partial charge in [-0.25, -0.2) is 5.43 Å². The van der Waals surface area contributed by atoms with E-state index < -0.39 is 0 Å². The molecule has 3 nitrogen and oxygen atoms in total. The molecule has 1 heterocycles. The van der Waals surface area contributed by atoms with Gasteiger partial charge in [-0.1, -0.05) is 6.92 Å². The van der Waals surface area contributed by atoms with Crippen LogP contribution in [0, 0.1) is 0 Å². The molecule has 13 heavy (non-hydrogen) atoms. The van der Waals surface area contributed by atoms with Crippen molar-refractivity contribution >= 4 is 17.3 Å². The zero-order valence-electron chi connectivity index (χ0n) is 9.06. The van der Waals surface area contributed by atoms with E-state index >= 15 is 0 Å². The van der Waals surface area contributed by atoms with E-state index in [9.17, 15) is 0 Å². The fraction of sp³-hybridized carbons (Fsp3) is 0.889. The lowest BCUT2D eigenvalue weighted by Gasteiger charge is -2.33. The van der Waals surface area contributed by atoms with Crippen LogP contribution in [0.4, 0.5) is 0 Å². The number of nitrogens with one attached hydrogen (secondary N) is 2. The molecule has 2 N–H and O–H groups in total. The Balaban J connectivity index is 2.79. The van der Waals surface area contributed by atoms with Crippen LogP contribution in [-0.2, 0) is 0 Å². The second kappa shape index (κ2) is 3.10. The van der Waals surface area contributed by atoms with Gasteiger partial charge >= 0.3 is 0 Å². The van der Waals surface area contributed by atoms with Crippen molar-refractivity contribution in [1.82, 2.24) is 15.8 Å². The normalized spacial score (nSPS) is 29.3. The first-order valence-corrected chi connectivity index (χ1v) is 5.09. The van der Waals surface area contributed by atoms with E-state index in [1.807, 2.05) is 5.01 Å². The minimum Gasteiger partial charge on any atom is -0.342 e. The average molecular weight is 201 g/mol. The van der Waals surface area contributed by atoms with Gasteiger partial charge in [0.2, 0.25) is 0 Å². The molecule has 1 rings (SSSR count). The molecule has 0 bridgehead atoms. The molecule has 4 heteroatoms. The van der Waals surface area contributed by atoms with Crippen molar-refractivity contribution < 1.29 is 0 Å². The molecule has 1 fully saturated rings. The average Bonchev–Trinajstić information content (AvgIpc) is 2.27. The van der Waals surface area contributed by atoms with Crippen molar-refractivity contribution in [2.45, 2.75) is 52.2 Å². The molecule has 1 saturated heterocycles. The van der Waals surface area contributed by atoms with E-state index in [-0.39, 0.29) is 11.2 Å². The van der Waals surface area contributed by atoms with E-state index in [1.165, 1.54) is 0 Å². The maximum absolute atomic E-state index is 5.26. The molecule has 0 aliphatic carbocycles. The summed E-state index contributed by atoms with van der Waals surface area (Å²) in [6, 6.07) is 0. The molecule has 0 saturated carbocycles. The van der Waals surface area contributed by atoms with Crippen molar-refractivity contribution in [2.75, 3.05) is 0 Å². The number of thiocarbonyl (C=S) groups is 1. The van der Waals surface area contributed by atoms with Crippen molar-refractivity contribution in [2.24, 2.45) is 0 Å². The molecule has 0 radical (unpaired) electrons. The predicted octanol–water partition coefficient (Wildman–Crippen LogP) is 1.61. The smallest absolute Gasteiger partial charge is 0.185 e. The summed E-state index contributed by atoms with van der Waals surface area (Å²) in [5, 5.41) is 6.09. The zero-order chi connectivity index (χ0) is 10.3. The van der Waals surface area contributed by atoms with Gasteiger partial charge in [-0.05, 0) is 46.3 Å². The largest absolute Gasteiger partial charge is 0.342 e. The molecule has 0 aromatic heterocycles. The van der Waals surface area contributed by atoms with E-state index in [1.54, 1.807) is 0 Å². The Bertz CT molecular complexity index is 221. The highest BCUT2D eigenvalue weighted by molar-refractivity contribution is 7.80. The number of hydrazine groups is 1. The van der Waals surface area contributed by atoms with Crippen LogP contribution < -0.4 is 10.7 Å². The summed E-state index contributed by atoms with van der Waals surface area (Å²) in [6.45, 7) is 10.7. The van der Waals surface area contributed by atoms with Crippen LogP contribution in [0.25, 0.3) is 0 Å². The highest BCUT2D eigenvalue weighted by Gasteiger charge is 2.39. The Kier molecular flexibility index (Phi) is 2.56. The van der Waals surface area contributed by atoms with Crippen LogP contribution in [0.1, 0.15) is 41.0 Å². The van der Waals surface area contributed by atoms with Crippen LogP contribution in [0.2, 0.25) is 0 Å². The van der Waals surface area contributed by atoms with Crippen LogP contribution >= 0.6 is 12.2 Å². The van der Waals surface area contributed by atoms with Crippen molar-refractivity contribution in [3.8, 4) is 0 Å². The van der Waals surface area contributed by atoms with Gasteiger partial charge in [0, 0.05) is 0 Å². The van der Waals surface area contributed by atoms with Crippen molar-refractivity contribution in [3.63, 3.8) is 0 Å². The topological polar surface area (TPSA) is 27.3 Å². The van der Waals surface area contributed by atoms with Gasteiger partial charge in [-0.15, -0.1) is 0 Å². The van der Waals surface area contributed by atoms with Gasteiger partial charge in [0.25, 0.3) is 0 Å². The third-order valence-corrected chi connectivity index (χ3v) is 2.61. The van der Waals surface area contributed by atoms with Crippen LogP contribution in [0.15, 0.2) is 0 Å². The van der Waals surface area contributed by atoms with E-state index in [0.29, 0.717) is 0 Å². The van der Waals surface area contributed by atoms with Gasteiger partial charge in [0.05, 0.1) is 5.54 Å². The van der Waals surface area contributed by atoms with E-state index in [0.717, 1.165) is 11.5 Å². The third kappa shape index (κ3) is 2.11. The van der Waals surface area contributed by atoms with Gasteiger partial charge in [-0.2, -0.15) is 0 Å². The second-order valence-corrected chi connectivity index (χ2v) is 5.12. The SMILES string of the molecule is CC[C@]1(C)NC(=S)N(C(C)(C)C)N1. The molecule has 0 unspecified atom stereocenters. The number of hydrogen-bond acceptors (Lipinski definition) is 2.